The number of rotatable bonds is 4. The van der Waals surface area contributed by atoms with Gasteiger partial charge in [-0.3, -0.25) is 4.90 Å². The molecule has 0 aliphatic rings. The summed E-state index contributed by atoms with van der Waals surface area (Å²) in [5.74, 6) is 0.394. The van der Waals surface area contributed by atoms with Crippen LogP contribution in [0.4, 0.5) is 10.5 Å². The van der Waals surface area contributed by atoms with Crippen LogP contribution in [0.15, 0.2) is 52.9 Å². The van der Waals surface area contributed by atoms with Gasteiger partial charge in [0.05, 0.1) is 6.54 Å². The lowest BCUT2D eigenvalue weighted by molar-refractivity contribution is -0.0899. The highest BCUT2D eigenvalue weighted by Gasteiger charge is 2.36. The summed E-state index contributed by atoms with van der Waals surface area (Å²) in [5, 5.41) is 21.6. The number of hydrogen-bond acceptors (Lipinski definition) is 4. The van der Waals surface area contributed by atoms with Crippen LogP contribution in [0.5, 0.6) is 0 Å². The Balaban J connectivity index is 1.96. The number of amides is 1. The first kappa shape index (κ1) is 17.1. The van der Waals surface area contributed by atoms with Gasteiger partial charge in [-0.25, -0.2) is 4.79 Å². The van der Waals surface area contributed by atoms with Crippen molar-refractivity contribution in [1.82, 2.24) is 4.90 Å². The zero-order chi connectivity index (χ0) is 18.2. The fourth-order valence-electron chi connectivity index (χ4n) is 2.70. The van der Waals surface area contributed by atoms with Crippen molar-refractivity contribution in [3.63, 3.8) is 0 Å². The molecule has 25 heavy (non-hydrogen) atoms. The second-order valence-corrected chi connectivity index (χ2v) is 6.35. The highest BCUT2D eigenvalue weighted by Crippen LogP contribution is 2.30. The number of halogens is 1. The Bertz CT molecular complexity index is 936. The van der Waals surface area contributed by atoms with Crippen LogP contribution in [0.3, 0.4) is 0 Å². The topological polar surface area (TPSA) is 99.9 Å². The number of nitrogen functional groups attached to an aromatic ring is 1. The Morgan fingerprint density at radius 1 is 1.28 bits per heavy atom. The van der Waals surface area contributed by atoms with Crippen molar-refractivity contribution in [3.8, 4) is 0 Å². The first-order chi connectivity index (χ1) is 11.8. The van der Waals surface area contributed by atoms with Crippen LogP contribution >= 0.6 is 11.6 Å². The Morgan fingerprint density at radius 3 is 2.72 bits per heavy atom. The summed E-state index contributed by atoms with van der Waals surface area (Å²) in [6, 6.07) is 13.3. The number of hydrogen-bond donors (Lipinski definition) is 3. The van der Waals surface area contributed by atoms with Crippen LogP contribution < -0.4 is 5.73 Å². The van der Waals surface area contributed by atoms with Crippen molar-refractivity contribution in [1.29, 1.82) is 0 Å². The van der Waals surface area contributed by atoms with Crippen LogP contribution in [0, 0.1) is 0 Å². The number of nitrogens with zero attached hydrogens (tertiary/aromatic N) is 1. The lowest BCUT2D eigenvalue weighted by Gasteiger charge is -2.34. The fraction of sp³-hybridized carbons (Fsp3) is 0.167. The molecule has 0 bridgehead atoms. The van der Waals surface area contributed by atoms with Crippen molar-refractivity contribution < 1.29 is 19.4 Å². The Labute approximate surface area is 149 Å². The van der Waals surface area contributed by atoms with E-state index in [4.69, 9.17) is 21.8 Å². The third kappa shape index (κ3) is 3.40. The van der Waals surface area contributed by atoms with E-state index in [1.165, 1.54) is 13.0 Å². The SMILES string of the molecule is CC(O)(c1cccc(Cl)c1)N(Cc1cc2cc(N)ccc2o1)C(=O)O. The third-order valence-corrected chi connectivity index (χ3v) is 4.27. The van der Waals surface area contributed by atoms with Gasteiger partial charge >= 0.3 is 6.09 Å². The highest BCUT2D eigenvalue weighted by molar-refractivity contribution is 6.30. The van der Waals surface area contributed by atoms with Gasteiger partial charge in [-0.2, -0.15) is 0 Å². The van der Waals surface area contributed by atoms with Crippen LogP contribution in [-0.2, 0) is 12.3 Å². The van der Waals surface area contributed by atoms with Crippen molar-refractivity contribution >= 4 is 34.4 Å². The van der Waals surface area contributed by atoms with E-state index in [1.54, 1.807) is 42.5 Å². The molecule has 0 spiro atoms. The zero-order valence-electron chi connectivity index (χ0n) is 13.4. The zero-order valence-corrected chi connectivity index (χ0v) is 14.2. The molecule has 1 heterocycles. The van der Waals surface area contributed by atoms with Crippen molar-refractivity contribution in [2.24, 2.45) is 0 Å². The molecule has 0 aliphatic heterocycles. The molecule has 1 atom stereocenters. The van der Waals surface area contributed by atoms with Crippen molar-refractivity contribution in [2.45, 2.75) is 19.2 Å². The molecule has 6 nitrogen and oxygen atoms in total. The predicted molar refractivity (Wildman–Crippen MR) is 95.2 cm³/mol. The molecule has 1 aromatic heterocycles. The van der Waals surface area contributed by atoms with E-state index in [0.717, 1.165) is 10.3 Å². The minimum atomic E-state index is -1.78. The Morgan fingerprint density at radius 2 is 2.04 bits per heavy atom. The summed E-state index contributed by atoms with van der Waals surface area (Å²) >= 11 is 5.96. The molecule has 3 aromatic rings. The van der Waals surface area contributed by atoms with Crippen molar-refractivity contribution in [3.05, 3.63) is 64.9 Å². The number of furan rings is 1. The maximum Gasteiger partial charge on any atom is 0.410 e. The summed E-state index contributed by atoms with van der Waals surface area (Å²) in [6.07, 6.45) is -1.29. The van der Waals surface area contributed by atoms with E-state index < -0.39 is 11.8 Å². The number of carboxylic acid groups (broad SMARTS) is 1. The van der Waals surface area contributed by atoms with Gasteiger partial charge in [0.2, 0.25) is 0 Å². The highest BCUT2D eigenvalue weighted by atomic mass is 35.5. The monoisotopic (exact) mass is 360 g/mol. The average molecular weight is 361 g/mol. The molecule has 0 fully saturated rings. The van der Waals surface area contributed by atoms with Crippen LogP contribution in [0.2, 0.25) is 5.02 Å². The van der Waals surface area contributed by atoms with E-state index >= 15 is 0 Å². The standard InChI is InChI=1S/C18H17ClN2O4/c1-18(24,12-3-2-4-13(19)9-12)21(17(22)23)10-15-8-11-7-14(20)5-6-16(11)25-15/h2-9,24H,10,20H2,1H3,(H,22,23). The third-order valence-electron chi connectivity index (χ3n) is 4.03. The molecule has 1 unspecified atom stereocenters. The average Bonchev–Trinajstić information content (AvgIpc) is 2.94. The number of benzene rings is 2. The maximum absolute atomic E-state index is 11.7. The van der Waals surface area contributed by atoms with Gasteiger partial charge in [-0.15, -0.1) is 0 Å². The lowest BCUT2D eigenvalue weighted by Crippen LogP contribution is -2.46. The molecule has 1 amide bonds. The molecule has 130 valence electrons. The van der Waals surface area contributed by atoms with Gasteiger partial charge in [0.15, 0.2) is 5.72 Å². The Kier molecular flexibility index (Phi) is 4.32. The second-order valence-electron chi connectivity index (χ2n) is 5.91. The van der Waals surface area contributed by atoms with Gasteiger partial charge in [0, 0.05) is 21.7 Å². The summed E-state index contributed by atoms with van der Waals surface area (Å²) < 4.78 is 5.66. The van der Waals surface area contributed by atoms with E-state index in [9.17, 15) is 15.0 Å². The van der Waals surface area contributed by atoms with Gasteiger partial charge in [0.1, 0.15) is 11.3 Å². The van der Waals surface area contributed by atoms with E-state index in [-0.39, 0.29) is 6.54 Å². The lowest BCUT2D eigenvalue weighted by atomic mass is 10.0. The van der Waals surface area contributed by atoms with Gasteiger partial charge in [-0.05, 0) is 43.3 Å². The fourth-order valence-corrected chi connectivity index (χ4v) is 2.89. The predicted octanol–water partition coefficient (Wildman–Crippen LogP) is 4.01. The molecule has 0 aliphatic carbocycles. The normalized spacial score (nSPS) is 13.6. The maximum atomic E-state index is 11.7. The number of anilines is 1. The molecule has 0 saturated heterocycles. The van der Waals surface area contributed by atoms with Crippen LogP contribution in [0.1, 0.15) is 18.2 Å². The molecule has 0 saturated carbocycles. The number of nitrogens with two attached hydrogens (primary N) is 1. The first-order valence-electron chi connectivity index (χ1n) is 7.54. The van der Waals surface area contributed by atoms with Crippen molar-refractivity contribution in [2.75, 3.05) is 5.73 Å². The number of carbonyl (C=O) groups is 1. The molecule has 0 radical (unpaired) electrons. The van der Waals surface area contributed by atoms with E-state index in [2.05, 4.69) is 0 Å². The largest absolute Gasteiger partial charge is 0.465 e. The van der Waals surface area contributed by atoms with E-state index in [0.29, 0.717) is 27.6 Å². The minimum absolute atomic E-state index is 0.135. The quantitative estimate of drug-likeness (QED) is 0.482. The minimum Gasteiger partial charge on any atom is -0.465 e. The van der Waals surface area contributed by atoms with E-state index in [1.807, 2.05) is 0 Å². The summed E-state index contributed by atoms with van der Waals surface area (Å²) in [6.45, 7) is 1.26. The van der Waals surface area contributed by atoms with Gasteiger partial charge in [0.25, 0.3) is 0 Å². The summed E-state index contributed by atoms with van der Waals surface area (Å²) in [4.78, 5) is 12.6. The molecular formula is C18H17ClN2O4. The summed E-state index contributed by atoms with van der Waals surface area (Å²) in [5.41, 5.74) is 5.50. The molecule has 2 aromatic carbocycles. The second kappa shape index (κ2) is 6.31. The van der Waals surface area contributed by atoms with Crippen LogP contribution in [-0.4, -0.2) is 21.2 Å². The van der Waals surface area contributed by atoms with Gasteiger partial charge < -0.3 is 20.4 Å². The van der Waals surface area contributed by atoms with Gasteiger partial charge in [-0.1, -0.05) is 23.7 Å². The first-order valence-corrected chi connectivity index (χ1v) is 7.92. The smallest absolute Gasteiger partial charge is 0.410 e. The molecule has 7 heteroatoms. The Hall–Kier alpha value is -2.70. The van der Waals surface area contributed by atoms with Crippen LogP contribution in [0.25, 0.3) is 11.0 Å². The molecule has 3 rings (SSSR count). The summed E-state index contributed by atoms with van der Waals surface area (Å²) in [7, 11) is 0. The number of fused-ring (bicyclic) bond motifs is 1. The number of aliphatic hydroxyl groups is 1. The molecular weight excluding hydrogens is 344 g/mol. The molecule has 4 N–H and O–H groups in total.